The van der Waals surface area contributed by atoms with Crippen LogP contribution in [-0.4, -0.2) is 31.8 Å². The van der Waals surface area contributed by atoms with E-state index in [1.165, 1.54) is 12.0 Å². The summed E-state index contributed by atoms with van der Waals surface area (Å²) in [6.07, 6.45) is 7.97. The second-order valence-electron chi connectivity index (χ2n) is 7.54. The monoisotopic (exact) mass is 406 g/mol. The molecule has 0 saturated carbocycles. The van der Waals surface area contributed by atoms with Crippen molar-refractivity contribution in [2.45, 2.75) is 78.7 Å². The maximum atomic E-state index is 12.2. The maximum absolute atomic E-state index is 12.2. The Morgan fingerprint density at radius 1 is 0.793 bits per heavy atom. The molecule has 0 aliphatic heterocycles. The highest BCUT2D eigenvalue weighted by Crippen LogP contribution is 2.28. The molecule has 29 heavy (non-hydrogen) atoms. The number of rotatable bonds is 16. The van der Waals surface area contributed by atoms with Crippen molar-refractivity contribution < 1.29 is 23.8 Å². The highest BCUT2D eigenvalue weighted by molar-refractivity contribution is 5.99. The average Bonchev–Trinajstić information content (AvgIpc) is 2.72. The fourth-order valence-electron chi connectivity index (χ4n) is 3.20. The number of carbonyl (C=O) groups is 2. The minimum atomic E-state index is -1.19. The van der Waals surface area contributed by atoms with Gasteiger partial charge in [0.1, 0.15) is 0 Å². The SMILES string of the molecule is CCOC(=O)C(C)(CCCCCCCCCOCc1ccccc1)C(=O)OCC. The van der Waals surface area contributed by atoms with E-state index in [4.69, 9.17) is 14.2 Å². The van der Waals surface area contributed by atoms with Crippen LogP contribution in [0.5, 0.6) is 0 Å². The van der Waals surface area contributed by atoms with Gasteiger partial charge in [-0.3, -0.25) is 9.59 Å². The van der Waals surface area contributed by atoms with Crippen molar-refractivity contribution in [3.05, 3.63) is 35.9 Å². The predicted molar refractivity (Wildman–Crippen MR) is 114 cm³/mol. The number of esters is 2. The van der Waals surface area contributed by atoms with Crippen molar-refractivity contribution in [2.24, 2.45) is 5.41 Å². The molecule has 0 bridgehead atoms. The first kappa shape index (κ1) is 25.2. The molecule has 0 heterocycles. The first-order valence-electron chi connectivity index (χ1n) is 11.0. The lowest BCUT2D eigenvalue weighted by Crippen LogP contribution is -2.39. The molecule has 1 aromatic carbocycles. The fraction of sp³-hybridized carbons (Fsp3) is 0.667. The van der Waals surface area contributed by atoms with Crippen LogP contribution in [0.2, 0.25) is 0 Å². The Kier molecular flexibility index (Phi) is 13.0. The lowest BCUT2D eigenvalue weighted by molar-refractivity contribution is -0.171. The first-order valence-corrected chi connectivity index (χ1v) is 11.0. The Hall–Kier alpha value is -1.88. The zero-order valence-corrected chi connectivity index (χ0v) is 18.4. The quantitative estimate of drug-likeness (QED) is 0.207. The molecule has 5 nitrogen and oxygen atoms in total. The molecule has 0 aromatic heterocycles. The van der Waals surface area contributed by atoms with E-state index in [0.29, 0.717) is 13.0 Å². The van der Waals surface area contributed by atoms with Crippen LogP contribution in [0.4, 0.5) is 0 Å². The predicted octanol–water partition coefficient (Wildman–Crippen LogP) is 5.46. The number of hydrogen-bond donors (Lipinski definition) is 0. The third kappa shape index (κ3) is 9.93. The zero-order valence-electron chi connectivity index (χ0n) is 18.4. The van der Waals surface area contributed by atoms with Crippen molar-refractivity contribution in [1.82, 2.24) is 0 Å². The third-order valence-corrected chi connectivity index (χ3v) is 5.03. The Balaban J connectivity index is 2.10. The van der Waals surface area contributed by atoms with Gasteiger partial charge >= 0.3 is 11.9 Å². The van der Waals surface area contributed by atoms with Gasteiger partial charge in [0.25, 0.3) is 0 Å². The molecule has 0 radical (unpaired) electrons. The summed E-state index contributed by atoms with van der Waals surface area (Å²) < 4.78 is 15.9. The Labute approximate surface area is 176 Å². The van der Waals surface area contributed by atoms with Gasteiger partial charge < -0.3 is 14.2 Å². The summed E-state index contributed by atoms with van der Waals surface area (Å²) in [5.74, 6) is -0.956. The summed E-state index contributed by atoms with van der Waals surface area (Å²) in [6, 6.07) is 10.2. The second kappa shape index (κ2) is 15.0. The van der Waals surface area contributed by atoms with E-state index < -0.39 is 17.4 Å². The average molecular weight is 407 g/mol. The number of hydrogen-bond acceptors (Lipinski definition) is 5. The van der Waals surface area contributed by atoms with E-state index >= 15 is 0 Å². The normalized spacial score (nSPS) is 11.3. The van der Waals surface area contributed by atoms with Crippen molar-refractivity contribution in [1.29, 1.82) is 0 Å². The molecule has 0 unspecified atom stereocenters. The van der Waals surface area contributed by atoms with Crippen LogP contribution in [0.1, 0.15) is 77.7 Å². The smallest absolute Gasteiger partial charge is 0.323 e. The van der Waals surface area contributed by atoms with E-state index in [2.05, 4.69) is 12.1 Å². The standard InChI is InChI=1S/C24H38O5/c1-4-28-22(25)24(3,23(26)29-5-2)18-14-9-7-6-8-10-15-19-27-20-21-16-12-11-13-17-21/h11-13,16-17H,4-10,14-15,18-20H2,1-3H3. The molecular formula is C24H38O5. The van der Waals surface area contributed by atoms with Gasteiger partial charge in [0.15, 0.2) is 5.41 Å². The van der Waals surface area contributed by atoms with E-state index in [1.54, 1.807) is 20.8 Å². The maximum Gasteiger partial charge on any atom is 0.323 e. The molecule has 0 amide bonds. The third-order valence-electron chi connectivity index (χ3n) is 5.03. The van der Waals surface area contributed by atoms with E-state index in [0.717, 1.165) is 45.1 Å². The lowest BCUT2D eigenvalue weighted by Gasteiger charge is -2.24. The molecule has 0 atom stereocenters. The van der Waals surface area contributed by atoms with Crippen LogP contribution >= 0.6 is 0 Å². The summed E-state index contributed by atoms with van der Waals surface area (Å²) in [7, 11) is 0. The summed E-state index contributed by atoms with van der Waals surface area (Å²) in [4.78, 5) is 24.5. The van der Waals surface area contributed by atoms with Crippen molar-refractivity contribution in [3.8, 4) is 0 Å². The number of benzene rings is 1. The molecule has 0 fully saturated rings. The van der Waals surface area contributed by atoms with Crippen LogP contribution in [0.15, 0.2) is 30.3 Å². The molecule has 1 aromatic rings. The van der Waals surface area contributed by atoms with Crippen molar-refractivity contribution >= 4 is 11.9 Å². The molecule has 0 aliphatic carbocycles. The minimum Gasteiger partial charge on any atom is -0.465 e. The lowest BCUT2D eigenvalue weighted by atomic mass is 9.84. The van der Waals surface area contributed by atoms with Gasteiger partial charge in [0.2, 0.25) is 0 Å². The van der Waals surface area contributed by atoms with Gasteiger partial charge in [-0.25, -0.2) is 0 Å². The van der Waals surface area contributed by atoms with Gasteiger partial charge in [-0.15, -0.1) is 0 Å². The molecular weight excluding hydrogens is 368 g/mol. The summed E-state index contributed by atoms with van der Waals surface area (Å²) in [5, 5.41) is 0. The molecule has 1 rings (SSSR count). The minimum absolute atomic E-state index is 0.267. The van der Waals surface area contributed by atoms with Gasteiger partial charge in [0, 0.05) is 6.61 Å². The molecule has 5 heteroatoms. The zero-order chi connectivity index (χ0) is 21.4. The van der Waals surface area contributed by atoms with Gasteiger partial charge in [-0.1, -0.05) is 68.9 Å². The van der Waals surface area contributed by atoms with Gasteiger partial charge in [-0.2, -0.15) is 0 Å². The second-order valence-corrected chi connectivity index (χ2v) is 7.54. The topological polar surface area (TPSA) is 61.8 Å². The summed E-state index contributed by atoms with van der Waals surface area (Å²) in [6.45, 7) is 7.14. The fourth-order valence-corrected chi connectivity index (χ4v) is 3.20. The molecule has 0 N–H and O–H groups in total. The number of unbranched alkanes of at least 4 members (excludes halogenated alkanes) is 6. The van der Waals surface area contributed by atoms with Crippen molar-refractivity contribution in [2.75, 3.05) is 19.8 Å². The van der Waals surface area contributed by atoms with Gasteiger partial charge in [-0.05, 0) is 39.2 Å². The Morgan fingerprint density at radius 3 is 1.86 bits per heavy atom. The van der Waals surface area contributed by atoms with E-state index in [-0.39, 0.29) is 13.2 Å². The van der Waals surface area contributed by atoms with Crippen LogP contribution in [0, 0.1) is 5.41 Å². The van der Waals surface area contributed by atoms with Crippen LogP contribution < -0.4 is 0 Å². The number of ether oxygens (including phenoxy) is 3. The Morgan fingerprint density at radius 2 is 1.31 bits per heavy atom. The van der Waals surface area contributed by atoms with Crippen LogP contribution in [-0.2, 0) is 30.4 Å². The summed E-state index contributed by atoms with van der Waals surface area (Å²) in [5.41, 5.74) is 0.0207. The largest absolute Gasteiger partial charge is 0.465 e. The highest BCUT2D eigenvalue weighted by Gasteiger charge is 2.43. The van der Waals surface area contributed by atoms with E-state index in [9.17, 15) is 9.59 Å². The van der Waals surface area contributed by atoms with Gasteiger partial charge in [0.05, 0.1) is 19.8 Å². The molecule has 0 aliphatic rings. The molecule has 164 valence electrons. The van der Waals surface area contributed by atoms with Crippen LogP contribution in [0.25, 0.3) is 0 Å². The summed E-state index contributed by atoms with van der Waals surface area (Å²) >= 11 is 0. The number of carbonyl (C=O) groups excluding carboxylic acids is 2. The van der Waals surface area contributed by atoms with Crippen LogP contribution in [0.3, 0.4) is 0 Å². The molecule has 0 saturated heterocycles. The van der Waals surface area contributed by atoms with E-state index in [1.807, 2.05) is 18.2 Å². The highest BCUT2D eigenvalue weighted by atomic mass is 16.6. The van der Waals surface area contributed by atoms with Crippen molar-refractivity contribution in [3.63, 3.8) is 0 Å². The molecule has 0 spiro atoms. The first-order chi connectivity index (χ1) is 14.0. The Bertz CT molecular complexity index is 552.